The molecule has 5 heteroatoms. The van der Waals surface area contributed by atoms with Crippen molar-refractivity contribution in [3.05, 3.63) is 28.2 Å². The van der Waals surface area contributed by atoms with Crippen LogP contribution in [0.1, 0.15) is 52.0 Å². The van der Waals surface area contributed by atoms with Gasteiger partial charge in [-0.05, 0) is 52.0 Å². The summed E-state index contributed by atoms with van der Waals surface area (Å²) in [6, 6.07) is 1.69. The average Bonchev–Trinajstić information content (AvgIpc) is 3.07. The molecule has 1 aliphatic heterocycles. The van der Waals surface area contributed by atoms with E-state index in [0.717, 1.165) is 23.9 Å². The zero-order chi connectivity index (χ0) is 13.8. The number of hydrogen-bond acceptors (Lipinski definition) is 3. The van der Waals surface area contributed by atoms with Crippen LogP contribution in [-0.4, -0.2) is 23.3 Å². The molecule has 2 heterocycles. The fraction of sp³-hybridized carbons (Fsp3) is 0.643. The topological polar surface area (TPSA) is 51.3 Å². The van der Waals surface area contributed by atoms with Crippen molar-refractivity contribution >= 4 is 12.6 Å². The highest BCUT2D eigenvalue weighted by molar-refractivity contribution is 6.62. The van der Waals surface area contributed by atoms with Crippen molar-refractivity contribution in [1.29, 1.82) is 0 Å². The van der Waals surface area contributed by atoms with E-state index in [1.165, 1.54) is 0 Å². The van der Waals surface area contributed by atoms with Crippen molar-refractivity contribution < 1.29 is 9.31 Å². The summed E-state index contributed by atoms with van der Waals surface area (Å²) in [5.41, 5.74) is 1.30. The Morgan fingerprint density at radius 1 is 1.21 bits per heavy atom. The molecule has 1 aromatic heterocycles. The maximum atomic E-state index is 11.5. The van der Waals surface area contributed by atoms with E-state index < -0.39 is 7.12 Å². The lowest BCUT2D eigenvalue weighted by molar-refractivity contribution is 0.00578. The number of H-pyrrole nitrogens is 1. The molecule has 1 N–H and O–H groups in total. The monoisotopic (exact) mass is 261 g/mol. The van der Waals surface area contributed by atoms with Gasteiger partial charge in [0.2, 0.25) is 5.56 Å². The number of aromatic amines is 1. The van der Waals surface area contributed by atoms with Gasteiger partial charge in [-0.15, -0.1) is 0 Å². The molecule has 2 fully saturated rings. The predicted octanol–water partition coefficient (Wildman–Crippen LogP) is 1.55. The molecule has 1 aliphatic carbocycles. The molecule has 0 unspecified atom stereocenters. The quantitative estimate of drug-likeness (QED) is 0.822. The smallest absolute Gasteiger partial charge is 0.399 e. The Labute approximate surface area is 113 Å². The summed E-state index contributed by atoms with van der Waals surface area (Å²) in [5, 5.41) is 0. The van der Waals surface area contributed by atoms with Crippen molar-refractivity contribution in [2.45, 2.75) is 57.7 Å². The lowest BCUT2D eigenvalue weighted by atomic mass is 9.76. The third-order valence-corrected chi connectivity index (χ3v) is 4.51. The zero-order valence-electron chi connectivity index (χ0n) is 11.9. The third-order valence-electron chi connectivity index (χ3n) is 4.51. The van der Waals surface area contributed by atoms with E-state index in [9.17, 15) is 4.79 Å². The van der Waals surface area contributed by atoms with Gasteiger partial charge in [0.25, 0.3) is 0 Å². The molecule has 1 aromatic rings. The van der Waals surface area contributed by atoms with Crippen LogP contribution in [0.25, 0.3) is 0 Å². The number of nitrogens with one attached hydrogen (secondary N) is 1. The molecule has 19 heavy (non-hydrogen) atoms. The van der Waals surface area contributed by atoms with E-state index >= 15 is 0 Å². The largest absolute Gasteiger partial charge is 0.496 e. The maximum absolute atomic E-state index is 11.5. The summed E-state index contributed by atoms with van der Waals surface area (Å²) >= 11 is 0. The first-order valence-electron chi connectivity index (χ1n) is 6.88. The molecule has 0 radical (unpaired) electrons. The van der Waals surface area contributed by atoms with E-state index in [4.69, 9.17) is 9.31 Å². The van der Waals surface area contributed by atoms with Crippen LogP contribution in [0.2, 0.25) is 0 Å². The Balaban J connectivity index is 1.98. The van der Waals surface area contributed by atoms with Crippen LogP contribution < -0.4 is 11.0 Å². The van der Waals surface area contributed by atoms with Gasteiger partial charge in [0.15, 0.2) is 0 Å². The van der Waals surface area contributed by atoms with Crippen LogP contribution in [0.15, 0.2) is 17.1 Å². The third kappa shape index (κ3) is 2.15. The summed E-state index contributed by atoms with van der Waals surface area (Å²) in [6.45, 7) is 8.15. The molecule has 0 bridgehead atoms. The van der Waals surface area contributed by atoms with Crippen LogP contribution in [0.4, 0.5) is 0 Å². The molecule has 102 valence electrons. The second-order valence-corrected chi connectivity index (χ2v) is 6.57. The van der Waals surface area contributed by atoms with E-state index in [1.54, 1.807) is 12.3 Å². The van der Waals surface area contributed by atoms with Crippen molar-refractivity contribution in [1.82, 2.24) is 4.98 Å². The molecule has 4 nitrogen and oxygen atoms in total. The molecule has 3 rings (SSSR count). The van der Waals surface area contributed by atoms with E-state index in [-0.39, 0.29) is 16.8 Å². The van der Waals surface area contributed by atoms with Crippen LogP contribution in [-0.2, 0) is 9.31 Å². The number of rotatable bonds is 2. The van der Waals surface area contributed by atoms with Gasteiger partial charge in [-0.2, -0.15) is 0 Å². The molecule has 0 amide bonds. The van der Waals surface area contributed by atoms with Gasteiger partial charge in [0.1, 0.15) is 0 Å². The lowest BCUT2D eigenvalue weighted by Crippen LogP contribution is -2.41. The number of pyridine rings is 1. The Kier molecular flexibility index (Phi) is 2.70. The average molecular weight is 261 g/mol. The van der Waals surface area contributed by atoms with Crippen molar-refractivity contribution in [2.75, 3.05) is 0 Å². The normalized spacial score (nSPS) is 24.7. The van der Waals surface area contributed by atoms with Crippen LogP contribution in [0.5, 0.6) is 0 Å². The summed E-state index contributed by atoms with van der Waals surface area (Å²) in [4.78, 5) is 14.2. The summed E-state index contributed by atoms with van der Waals surface area (Å²) in [5.74, 6) is 0.497. The van der Waals surface area contributed by atoms with Crippen LogP contribution >= 0.6 is 0 Å². The Hall–Kier alpha value is -1.07. The van der Waals surface area contributed by atoms with Crippen LogP contribution in [0, 0.1) is 0 Å². The van der Waals surface area contributed by atoms with Crippen LogP contribution in [0.3, 0.4) is 0 Å². The summed E-state index contributed by atoms with van der Waals surface area (Å²) in [7, 11) is -0.391. The van der Waals surface area contributed by atoms with E-state index in [2.05, 4.69) is 4.98 Å². The minimum absolute atomic E-state index is 0.0535. The number of hydrogen-bond donors (Lipinski definition) is 1. The molecule has 1 saturated heterocycles. The highest BCUT2D eigenvalue weighted by Crippen LogP contribution is 2.41. The fourth-order valence-electron chi connectivity index (χ4n) is 2.42. The van der Waals surface area contributed by atoms with Gasteiger partial charge in [-0.3, -0.25) is 4.79 Å². The molecule has 0 aromatic carbocycles. The van der Waals surface area contributed by atoms with Crippen molar-refractivity contribution in [2.24, 2.45) is 0 Å². The first-order chi connectivity index (χ1) is 8.80. The van der Waals surface area contributed by atoms with Crippen molar-refractivity contribution in [3.63, 3.8) is 0 Å². The first-order valence-corrected chi connectivity index (χ1v) is 6.88. The fourth-order valence-corrected chi connectivity index (χ4v) is 2.42. The van der Waals surface area contributed by atoms with Gasteiger partial charge in [-0.25, -0.2) is 0 Å². The Bertz CT molecular complexity index is 544. The first kappa shape index (κ1) is 12.9. The second kappa shape index (κ2) is 3.96. The lowest BCUT2D eigenvalue weighted by Gasteiger charge is -2.32. The molecular formula is C14H20BNO3. The minimum Gasteiger partial charge on any atom is -0.399 e. The summed E-state index contributed by atoms with van der Waals surface area (Å²) in [6.07, 6.45) is 4.05. The predicted molar refractivity (Wildman–Crippen MR) is 74.8 cm³/mol. The van der Waals surface area contributed by atoms with E-state index in [1.807, 2.05) is 27.7 Å². The van der Waals surface area contributed by atoms with Crippen molar-refractivity contribution in [3.8, 4) is 0 Å². The highest BCUT2D eigenvalue weighted by Gasteiger charge is 2.52. The maximum Gasteiger partial charge on any atom is 0.496 e. The molecular weight excluding hydrogens is 241 g/mol. The van der Waals surface area contributed by atoms with Gasteiger partial charge in [0, 0.05) is 17.7 Å². The van der Waals surface area contributed by atoms with Gasteiger partial charge >= 0.3 is 7.12 Å². The molecule has 0 atom stereocenters. The van der Waals surface area contributed by atoms with E-state index in [0.29, 0.717) is 5.92 Å². The molecule has 1 saturated carbocycles. The zero-order valence-corrected chi connectivity index (χ0v) is 11.9. The SMILES string of the molecule is CC1(C)OB(c2c[nH]c(=O)cc2C2CC2)OC1(C)C. The van der Waals surface area contributed by atoms with Gasteiger partial charge < -0.3 is 14.3 Å². The Morgan fingerprint density at radius 2 is 1.79 bits per heavy atom. The number of aromatic nitrogens is 1. The summed E-state index contributed by atoms with van der Waals surface area (Å²) < 4.78 is 12.1. The minimum atomic E-state index is -0.391. The Morgan fingerprint density at radius 3 is 2.32 bits per heavy atom. The van der Waals surface area contributed by atoms with Gasteiger partial charge in [0.05, 0.1) is 11.2 Å². The standard InChI is InChI=1S/C14H20BNO3/c1-13(2)14(3,4)19-15(18-13)11-8-16-12(17)7-10(11)9-5-6-9/h7-9H,5-6H2,1-4H3,(H,16,17). The second-order valence-electron chi connectivity index (χ2n) is 6.57. The molecule has 0 spiro atoms. The molecule has 2 aliphatic rings. The highest BCUT2D eigenvalue weighted by atomic mass is 16.7. The van der Waals surface area contributed by atoms with Gasteiger partial charge in [-0.1, -0.05) is 0 Å².